The number of benzene rings is 2. The van der Waals surface area contributed by atoms with Crippen LogP contribution in [0.2, 0.25) is 0 Å². The Balaban J connectivity index is 1.67. The summed E-state index contributed by atoms with van der Waals surface area (Å²) in [5, 5.41) is 3.40. The Morgan fingerprint density at radius 1 is 1.19 bits per heavy atom. The average Bonchev–Trinajstić information content (AvgIpc) is 3.17. The van der Waals surface area contributed by atoms with E-state index in [-0.39, 0.29) is 11.5 Å². The maximum Gasteiger partial charge on any atom is 0.252 e. The third-order valence-corrected chi connectivity index (χ3v) is 6.98. The summed E-state index contributed by atoms with van der Waals surface area (Å²) >= 11 is 1.42. The van der Waals surface area contributed by atoms with Crippen molar-refractivity contribution in [1.82, 2.24) is 4.57 Å². The van der Waals surface area contributed by atoms with Gasteiger partial charge in [-0.2, -0.15) is 0 Å². The second-order valence-electron chi connectivity index (χ2n) is 8.09. The first-order valence-electron chi connectivity index (χ1n) is 10.4. The first-order valence-corrected chi connectivity index (χ1v) is 11.4. The maximum atomic E-state index is 13.7. The van der Waals surface area contributed by atoms with Gasteiger partial charge >= 0.3 is 0 Å². The lowest BCUT2D eigenvalue weighted by molar-refractivity contribution is -0.118. The van der Waals surface area contributed by atoms with E-state index < -0.39 is 11.9 Å². The molecule has 1 amide bonds. The number of anilines is 1. The molecule has 2 aromatic carbocycles. The molecule has 0 fully saturated rings. The molecule has 7 heteroatoms. The van der Waals surface area contributed by atoms with Gasteiger partial charge in [0.1, 0.15) is 16.9 Å². The maximum absolute atomic E-state index is 13.7. The molecule has 0 radical (unpaired) electrons. The fourth-order valence-corrected chi connectivity index (χ4v) is 5.40. The molecule has 1 aliphatic rings. The van der Waals surface area contributed by atoms with Crippen LogP contribution in [0.3, 0.4) is 0 Å². The molecule has 0 spiro atoms. The third-order valence-electron chi connectivity index (χ3n) is 5.84. The van der Waals surface area contributed by atoms with Gasteiger partial charge < -0.3 is 10.1 Å². The number of nitrogens with one attached hydrogen (secondary N) is 1. The summed E-state index contributed by atoms with van der Waals surface area (Å²) in [6.07, 6.45) is 0.569. The lowest BCUT2D eigenvalue weighted by Crippen LogP contribution is -2.32. The van der Waals surface area contributed by atoms with Crippen molar-refractivity contribution in [3.8, 4) is 5.75 Å². The molecule has 1 atom stereocenters. The Hall–Kier alpha value is -3.06. The van der Waals surface area contributed by atoms with Crippen LogP contribution in [0, 0.1) is 26.6 Å². The molecule has 1 unspecified atom stereocenters. The van der Waals surface area contributed by atoms with Gasteiger partial charge in [0.05, 0.1) is 7.11 Å². The predicted molar refractivity (Wildman–Crippen MR) is 126 cm³/mol. The van der Waals surface area contributed by atoms with E-state index in [2.05, 4.69) is 31.3 Å². The van der Waals surface area contributed by atoms with Gasteiger partial charge in [0.2, 0.25) is 5.91 Å². The molecule has 5 nitrogen and oxygen atoms in total. The van der Waals surface area contributed by atoms with Crippen molar-refractivity contribution < 1.29 is 13.9 Å². The molecule has 0 aliphatic carbocycles. The minimum absolute atomic E-state index is 0.248. The number of ether oxygens (including phenoxy) is 1. The number of methoxy groups -OCH3 is 1. The van der Waals surface area contributed by atoms with Gasteiger partial charge in [-0.05, 0) is 61.2 Å². The van der Waals surface area contributed by atoms with E-state index in [1.54, 1.807) is 26.2 Å². The highest BCUT2D eigenvalue weighted by Gasteiger charge is 2.33. The van der Waals surface area contributed by atoms with Gasteiger partial charge in [-0.1, -0.05) is 18.2 Å². The van der Waals surface area contributed by atoms with Crippen molar-refractivity contribution in [3.63, 3.8) is 0 Å². The summed E-state index contributed by atoms with van der Waals surface area (Å²) in [5.41, 5.74) is 5.14. The largest absolute Gasteiger partial charge is 0.494 e. The normalized spacial score (nSPS) is 14.8. The average molecular weight is 453 g/mol. The van der Waals surface area contributed by atoms with Crippen LogP contribution in [0.1, 0.15) is 33.9 Å². The number of aryl methyl sites for hydroxylation is 2. The molecule has 1 aliphatic heterocycles. The number of hydrogen-bond donors (Lipinski definition) is 1. The molecule has 2 heterocycles. The van der Waals surface area contributed by atoms with Crippen LogP contribution in [-0.2, 0) is 11.2 Å². The highest BCUT2D eigenvalue weighted by atomic mass is 32.2. The van der Waals surface area contributed by atoms with E-state index in [0.717, 1.165) is 11.1 Å². The smallest absolute Gasteiger partial charge is 0.252 e. The molecule has 1 aromatic heterocycles. The predicted octanol–water partition coefficient (Wildman–Crippen LogP) is 4.80. The fraction of sp³-hybridized carbons (Fsp3) is 0.280. The van der Waals surface area contributed by atoms with Crippen LogP contribution in [0.4, 0.5) is 10.1 Å². The topological polar surface area (TPSA) is 60.3 Å². The van der Waals surface area contributed by atoms with Crippen molar-refractivity contribution in [3.05, 3.63) is 86.5 Å². The van der Waals surface area contributed by atoms with Gasteiger partial charge in [0, 0.05) is 29.5 Å². The van der Waals surface area contributed by atoms with Crippen molar-refractivity contribution >= 4 is 23.4 Å². The number of nitrogens with zero attached hydrogens (tertiary/aromatic N) is 1. The summed E-state index contributed by atoms with van der Waals surface area (Å²) < 4.78 is 20.9. The molecule has 0 saturated heterocycles. The van der Waals surface area contributed by atoms with E-state index >= 15 is 0 Å². The Morgan fingerprint density at radius 2 is 1.97 bits per heavy atom. The standard InChI is InChI=1S/C25H25FN2O3S/c1-14-8-19(26)12-20(9-14)27-24(30)21-13-32-25-23(31-4)18(11-22(29)28(21)25)10-17-7-5-6-15(2)16(17)3/h5-9,11-12,21H,10,13H2,1-4H3,(H,27,30). The van der Waals surface area contributed by atoms with E-state index in [1.165, 1.54) is 39.6 Å². The summed E-state index contributed by atoms with van der Waals surface area (Å²) in [7, 11) is 1.58. The number of amides is 1. The van der Waals surface area contributed by atoms with Crippen molar-refractivity contribution in [1.29, 1.82) is 0 Å². The number of pyridine rings is 1. The number of thioether (sulfide) groups is 1. The Labute approximate surface area is 190 Å². The van der Waals surface area contributed by atoms with Gasteiger partial charge in [0.15, 0.2) is 5.75 Å². The van der Waals surface area contributed by atoms with Crippen LogP contribution in [0.5, 0.6) is 5.75 Å². The molecule has 0 bridgehead atoms. The zero-order valence-corrected chi connectivity index (χ0v) is 19.3. The van der Waals surface area contributed by atoms with Crippen molar-refractivity contribution in [2.75, 3.05) is 18.2 Å². The number of carbonyl (C=O) groups excluding carboxylic acids is 1. The van der Waals surface area contributed by atoms with Crippen LogP contribution in [0.15, 0.2) is 52.3 Å². The summed E-state index contributed by atoms with van der Waals surface area (Å²) in [6, 6.07) is 11.3. The first kappa shape index (κ1) is 22.1. The summed E-state index contributed by atoms with van der Waals surface area (Å²) in [6.45, 7) is 5.89. The highest BCUT2D eigenvalue weighted by Crippen LogP contribution is 2.41. The SMILES string of the molecule is COc1c(Cc2cccc(C)c2C)cc(=O)n2c1SCC2C(=O)Nc1cc(C)cc(F)c1. The summed E-state index contributed by atoms with van der Waals surface area (Å²) in [4.78, 5) is 26.0. The number of aromatic nitrogens is 1. The molecule has 32 heavy (non-hydrogen) atoms. The molecule has 3 aromatic rings. The van der Waals surface area contributed by atoms with E-state index in [9.17, 15) is 14.0 Å². The number of carbonyl (C=O) groups is 1. The fourth-order valence-electron chi connectivity index (χ4n) is 4.08. The number of hydrogen-bond acceptors (Lipinski definition) is 4. The third kappa shape index (κ3) is 4.17. The van der Waals surface area contributed by atoms with Gasteiger partial charge in [-0.15, -0.1) is 11.8 Å². The first-order chi connectivity index (χ1) is 15.3. The second kappa shape index (κ2) is 8.82. The number of halogens is 1. The van der Waals surface area contributed by atoms with Crippen molar-refractivity contribution in [2.24, 2.45) is 0 Å². The van der Waals surface area contributed by atoms with Crippen LogP contribution >= 0.6 is 11.8 Å². The van der Waals surface area contributed by atoms with Gasteiger partial charge in [0.25, 0.3) is 5.56 Å². The monoisotopic (exact) mass is 452 g/mol. The molecular weight excluding hydrogens is 427 g/mol. The van der Waals surface area contributed by atoms with Gasteiger partial charge in [-0.3, -0.25) is 14.2 Å². The minimum Gasteiger partial charge on any atom is -0.494 e. The van der Waals surface area contributed by atoms with Crippen LogP contribution in [0.25, 0.3) is 0 Å². The van der Waals surface area contributed by atoms with Gasteiger partial charge in [-0.25, -0.2) is 4.39 Å². The molecule has 4 rings (SSSR count). The highest BCUT2D eigenvalue weighted by molar-refractivity contribution is 7.99. The lowest BCUT2D eigenvalue weighted by Gasteiger charge is -2.18. The quantitative estimate of drug-likeness (QED) is 0.604. The van der Waals surface area contributed by atoms with E-state index in [1.807, 2.05) is 6.07 Å². The minimum atomic E-state index is -0.699. The van der Waals surface area contributed by atoms with E-state index in [0.29, 0.717) is 34.2 Å². The zero-order chi connectivity index (χ0) is 23.0. The van der Waals surface area contributed by atoms with Crippen LogP contribution < -0.4 is 15.6 Å². The van der Waals surface area contributed by atoms with E-state index in [4.69, 9.17) is 4.74 Å². The Kier molecular flexibility index (Phi) is 6.11. The molecule has 0 saturated carbocycles. The second-order valence-corrected chi connectivity index (χ2v) is 9.09. The van der Waals surface area contributed by atoms with Crippen LogP contribution in [-0.4, -0.2) is 23.3 Å². The molecular formula is C25H25FN2O3S. The Morgan fingerprint density at radius 3 is 2.69 bits per heavy atom. The molecule has 166 valence electrons. The molecule has 1 N–H and O–H groups in total. The zero-order valence-electron chi connectivity index (χ0n) is 18.5. The summed E-state index contributed by atoms with van der Waals surface area (Å²) in [5.74, 6) is 0.245. The number of rotatable bonds is 5. The number of fused-ring (bicyclic) bond motifs is 1. The lowest BCUT2D eigenvalue weighted by atomic mass is 9.97. The Bertz CT molecular complexity index is 1250. The van der Waals surface area contributed by atoms with Crippen molar-refractivity contribution in [2.45, 2.75) is 38.3 Å².